The summed E-state index contributed by atoms with van der Waals surface area (Å²) in [5.74, 6) is 1.16. The minimum absolute atomic E-state index is 0.434. The van der Waals surface area contributed by atoms with E-state index in [1.54, 1.807) is 18.3 Å². The maximum atomic E-state index is 5.77. The van der Waals surface area contributed by atoms with Gasteiger partial charge in [0.1, 0.15) is 5.75 Å². The summed E-state index contributed by atoms with van der Waals surface area (Å²) in [6.45, 7) is 0. The van der Waals surface area contributed by atoms with Crippen LogP contribution in [0.1, 0.15) is 0 Å². The van der Waals surface area contributed by atoms with Crippen molar-refractivity contribution in [2.24, 2.45) is 0 Å². The summed E-state index contributed by atoms with van der Waals surface area (Å²) in [5.41, 5.74) is 7.37. The third-order valence-corrected chi connectivity index (χ3v) is 2.35. The van der Waals surface area contributed by atoms with Crippen molar-refractivity contribution in [3.8, 4) is 11.6 Å². The molecule has 88 valence electrons. The topological polar surface area (TPSA) is 51.4 Å². The molecule has 0 aliphatic heterocycles. The van der Waals surface area contributed by atoms with Crippen LogP contribution in [0.2, 0.25) is 0 Å². The lowest BCUT2D eigenvalue weighted by Crippen LogP contribution is -2.08. The average molecular weight is 229 g/mol. The molecule has 1 aromatic carbocycles. The summed E-state index contributed by atoms with van der Waals surface area (Å²) in [4.78, 5) is 6.10. The lowest BCUT2D eigenvalue weighted by molar-refractivity contribution is 0.465. The number of pyridine rings is 1. The number of aromatic nitrogens is 1. The van der Waals surface area contributed by atoms with Gasteiger partial charge in [0, 0.05) is 32.0 Å². The molecule has 0 aliphatic carbocycles. The van der Waals surface area contributed by atoms with E-state index >= 15 is 0 Å². The molecule has 0 spiro atoms. The van der Waals surface area contributed by atoms with Crippen LogP contribution in [0.3, 0.4) is 0 Å². The second-order valence-electron chi connectivity index (χ2n) is 3.89. The second kappa shape index (κ2) is 4.74. The first-order chi connectivity index (χ1) is 8.16. The van der Waals surface area contributed by atoms with Crippen LogP contribution >= 0.6 is 0 Å². The zero-order valence-corrected chi connectivity index (χ0v) is 9.92. The predicted molar refractivity (Wildman–Crippen MR) is 69.5 cm³/mol. The fourth-order valence-electron chi connectivity index (χ4n) is 1.43. The van der Waals surface area contributed by atoms with Crippen molar-refractivity contribution in [3.05, 3.63) is 42.6 Å². The van der Waals surface area contributed by atoms with Gasteiger partial charge in [0.05, 0.1) is 5.69 Å². The fourth-order valence-corrected chi connectivity index (χ4v) is 1.43. The van der Waals surface area contributed by atoms with Crippen LogP contribution in [-0.2, 0) is 0 Å². The first-order valence-electron chi connectivity index (χ1n) is 5.32. The monoisotopic (exact) mass is 229 g/mol. The quantitative estimate of drug-likeness (QED) is 0.878. The van der Waals surface area contributed by atoms with Crippen molar-refractivity contribution >= 4 is 11.4 Å². The van der Waals surface area contributed by atoms with Gasteiger partial charge in [0.15, 0.2) is 0 Å². The highest BCUT2D eigenvalue weighted by atomic mass is 16.5. The van der Waals surface area contributed by atoms with Gasteiger partial charge in [0.2, 0.25) is 5.88 Å². The van der Waals surface area contributed by atoms with Crippen LogP contribution in [0.5, 0.6) is 11.6 Å². The van der Waals surface area contributed by atoms with E-state index in [4.69, 9.17) is 10.5 Å². The molecule has 0 fully saturated rings. The van der Waals surface area contributed by atoms with Crippen LogP contribution in [0.25, 0.3) is 0 Å². The second-order valence-corrected chi connectivity index (χ2v) is 3.89. The van der Waals surface area contributed by atoms with Gasteiger partial charge in [0.25, 0.3) is 0 Å². The number of nitrogens with zero attached hydrogens (tertiary/aromatic N) is 2. The molecule has 0 aliphatic rings. The molecule has 0 bridgehead atoms. The SMILES string of the molecule is CN(C)c1cccc(Oc2ncccc2N)c1. The highest BCUT2D eigenvalue weighted by Crippen LogP contribution is 2.26. The van der Waals surface area contributed by atoms with E-state index in [1.165, 1.54) is 0 Å². The minimum atomic E-state index is 0.434. The van der Waals surface area contributed by atoms with Gasteiger partial charge in [-0.15, -0.1) is 0 Å². The van der Waals surface area contributed by atoms with E-state index < -0.39 is 0 Å². The number of rotatable bonds is 3. The normalized spacial score (nSPS) is 10.0. The van der Waals surface area contributed by atoms with E-state index in [1.807, 2.05) is 43.3 Å². The Balaban J connectivity index is 2.25. The van der Waals surface area contributed by atoms with Gasteiger partial charge >= 0.3 is 0 Å². The number of benzene rings is 1. The van der Waals surface area contributed by atoms with Gasteiger partial charge in [-0.1, -0.05) is 6.07 Å². The highest BCUT2D eigenvalue weighted by molar-refractivity contribution is 5.53. The number of nitrogens with two attached hydrogens (primary N) is 1. The van der Waals surface area contributed by atoms with Crippen molar-refractivity contribution in [1.82, 2.24) is 4.98 Å². The predicted octanol–water partition coefficient (Wildman–Crippen LogP) is 2.52. The number of hydrogen-bond donors (Lipinski definition) is 1. The molecule has 1 heterocycles. The van der Waals surface area contributed by atoms with Crippen LogP contribution in [-0.4, -0.2) is 19.1 Å². The Morgan fingerprint density at radius 3 is 2.71 bits per heavy atom. The molecule has 0 unspecified atom stereocenters. The van der Waals surface area contributed by atoms with E-state index in [-0.39, 0.29) is 0 Å². The zero-order chi connectivity index (χ0) is 12.3. The van der Waals surface area contributed by atoms with E-state index in [0.29, 0.717) is 11.6 Å². The van der Waals surface area contributed by atoms with E-state index in [2.05, 4.69) is 4.98 Å². The number of ether oxygens (including phenoxy) is 1. The van der Waals surface area contributed by atoms with Gasteiger partial charge in [-0.05, 0) is 24.3 Å². The largest absolute Gasteiger partial charge is 0.437 e. The smallest absolute Gasteiger partial charge is 0.242 e. The minimum Gasteiger partial charge on any atom is -0.437 e. The molecule has 17 heavy (non-hydrogen) atoms. The summed E-state index contributed by atoms with van der Waals surface area (Å²) in [6.07, 6.45) is 1.65. The lowest BCUT2D eigenvalue weighted by atomic mass is 10.3. The van der Waals surface area contributed by atoms with Crippen molar-refractivity contribution in [2.75, 3.05) is 24.7 Å². The van der Waals surface area contributed by atoms with Crippen molar-refractivity contribution in [1.29, 1.82) is 0 Å². The molecule has 2 N–H and O–H groups in total. The van der Waals surface area contributed by atoms with E-state index in [9.17, 15) is 0 Å². The summed E-state index contributed by atoms with van der Waals surface area (Å²) in [5, 5.41) is 0. The van der Waals surface area contributed by atoms with Gasteiger partial charge in [-0.3, -0.25) is 0 Å². The Hall–Kier alpha value is -2.23. The van der Waals surface area contributed by atoms with E-state index in [0.717, 1.165) is 11.4 Å². The molecule has 0 amide bonds. The van der Waals surface area contributed by atoms with Gasteiger partial charge in [-0.25, -0.2) is 4.98 Å². The number of hydrogen-bond acceptors (Lipinski definition) is 4. The maximum Gasteiger partial charge on any atom is 0.242 e. The standard InChI is InChI=1S/C13H15N3O/c1-16(2)10-5-3-6-11(9-10)17-13-12(14)7-4-8-15-13/h3-9H,14H2,1-2H3. The van der Waals surface area contributed by atoms with Crippen LogP contribution in [0.4, 0.5) is 11.4 Å². The van der Waals surface area contributed by atoms with Crippen molar-refractivity contribution in [3.63, 3.8) is 0 Å². The molecular weight excluding hydrogens is 214 g/mol. The first kappa shape index (κ1) is 11.3. The molecule has 1 aromatic heterocycles. The third-order valence-electron chi connectivity index (χ3n) is 2.35. The van der Waals surface area contributed by atoms with Crippen LogP contribution < -0.4 is 15.4 Å². The van der Waals surface area contributed by atoms with Crippen molar-refractivity contribution in [2.45, 2.75) is 0 Å². The first-order valence-corrected chi connectivity index (χ1v) is 5.32. The van der Waals surface area contributed by atoms with Gasteiger partial charge < -0.3 is 15.4 Å². The number of nitrogen functional groups attached to an aromatic ring is 1. The molecule has 4 nitrogen and oxygen atoms in total. The molecule has 0 radical (unpaired) electrons. The molecule has 0 atom stereocenters. The summed E-state index contributed by atoms with van der Waals surface area (Å²) in [6, 6.07) is 11.3. The molecule has 0 saturated heterocycles. The summed E-state index contributed by atoms with van der Waals surface area (Å²) in [7, 11) is 3.96. The maximum absolute atomic E-state index is 5.77. The molecule has 0 saturated carbocycles. The van der Waals surface area contributed by atoms with Crippen LogP contribution in [0.15, 0.2) is 42.6 Å². The fraction of sp³-hybridized carbons (Fsp3) is 0.154. The Morgan fingerprint density at radius 2 is 2.00 bits per heavy atom. The Labute approximate surface area is 101 Å². The lowest BCUT2D eigenvalue weighted by Gasteiger charge is -2.14. The molecule has 4 heteroatoms. The van der Waals surface area contributed by atoms with Crippen molar-refractivity contribution < 1.29 is 4.74 Å². The van der Waals surface area contributed by atoms with Gasteiger partial charge in [-0.2, -0.15) is 0 Å². The molecule has 2 rings (SSSR count). The highest BCUT2D eigenvalue weighted by Gasteiger charge is 2.03. The molecule has 2 aromatic rings. The average Bonchev–Trinajstić information content (AvgIpc) is 2.32. The zero-order valence-electron chi connectivity index (χ0n) is 9.92. The number of anilines is 2. The summed E-state index contributed by atoms with van der Waals surface area (Å²) < 4.78 is 5.64. The Bertz CT molecular complexity index is 512. The van der Waals surface area contributed by atoms with Crippen LogP contribution in [0, 0.1) is 0 Å². The third kappa shape index (κ3) is 2.66. The Morgan fingerprint density at radius 1 is 1.18 bits per heavy atom. The molecular formula is C13H15N3O. The Kier molecular flexibility index (Phi) is 3.14. The summed E-state index contributed by atoms with van der Waals surface area (Å²) >= 11 is 0.